The second-order valence-corrected chi connectivity index (χ2v) is 5.32. The van der Waals surface area contributed by atoms with Crippen molar-refractivity contribution in [1.29, 1.82) is 5.26 Å². The number of benzene rings is 1. The van der Waals surface area contributed by atoms with Crippen molar-refractivity contribution in [2.75, 3.05) is 0 Å². The molecular formula is C16H22N2. The van der Waals surface area contributed by atoms with Gasteiger partial charge in [0.25, 0.3) is 0 Å². The lowest BCUT2D eigenvalue weighted by molar-refractivity contribution is 0.285. The minimum Gasteiger partial charge on any atom is -0.310 e. The van der Waals surface area contributed by atoms with Gasteiger partial charge in [-0.3, -0.25) is 0 Å². The van der Waals surface area contributed by atoms with Gasteiger partial charge in [0.2, 0.25) is 0 Å². The minimum absolute atomic E-state index is 0.665. The van der Waals surface area contributed by atoms with E-state index in [2.05, 4.69) is 24.4 Å². The Hall–Kier alpha value is -1.33. The molecule has 0 saturated heterocycles. The van der Waals surface area contributed by atoms with Gasteiger partial charge in [-0.15, -0.1) is 0 Å². The Morgan fingerprint density at radius 1 is 1.28 bits per heavy atom. The molecule has 1 fully saturated rings. The zero-order valence-corrected chi connectivity index (χ0v) is 11.2. The molecule has 0 heterocycles. The molecule has 0 aromatic heterocycles. The Balaban J connectivity index is 1.80. The molecule has 1 saturated carbocycles. The van der Waals surface area contributed by atoms with E-state index >= 15 is 0 Å². The quantitative estimate of drug-likeness (QED) is 0.875. The molecule has 0 bridgehead atoms. The van der Waals surface area contributed by atoms with Crippen LogP contribution in [0.25, 0.3) is 0 Å². The number of nitriles is 1. The van der Waals surface area contributed by atoms with Crippen LogP contribution in [0.3, 0.4) is 0 Å². The van der Waals surface area contributed by atoms with Crippen LogP contribution in [0, 0.1) is 17.2 Å². The van der Waals surface area contributed by atoms with Crippen molar-refractivity contribution in [3.05, 3.63) is 35.4 Å². The Morgan fingerprint density at radius 3 is 2.72 bits per heavy atom. The lowest BCUT2D eigenvalue weighted by Crippen LogP contribution is -2.32. The van der Waals surface area contributed by atoms with Crippen LogP contribution in [0.15, 0.2) is 24.3 Å². The molecule has 0 spiro atoms. The molecule has 96 valence electrons. The van der Waals surface area contributed by atoms with Crippen LogP contribution in [0.1, 0.15) is 50.2 Å². The fourth-order valence-electron chi connectivity index (χ4n) is 2.79. The average molecular weight is 242 g/mol. The van der Waals surface area contributed by atoms with E-state index in [0.29, 0.717) is 6.04 Å². The highest BCUT2D eigenvalue weighted by Gasteiger charge is 2.19. The van der Waals surface area contributed by atoms with E-state index < -0.39 is 0 Å². The number of nitrogens with zero attached hydrogens (tertiary/aromatic N) is 1. The molecule has 18 heavy (non-hydrogen) atoms. The van der Waals surface area contributed by atoms with Crippen LogP contribution >= 0.6 is 0 Å². The maximum absolute atomic E-state index is 8.86. The summed E-state index contributed by atoms with van der Waals surface area (Å²) >= 11 is 0. The molecule has 2 rings (SSSR count). The minimum atomic E-state index is 0.665. The van der Waals surface area contributed by atoms with Gasteiger partial charge in [0.15, 0.2) is 0 Å². The Kier molecular flexibility index (Phi) is 4.78. The Labute approximate surface area is 110 Å². The van der Waals surface area contributed by atoms with E-state index in [-0.39, 0.29) is 0 Å². The van der Waals surface area contributed by atoms with Crippen LogP contribution in [-0.2, 0) is 6.54 Å². The van der Waals surface area contributed by atoms with E-state index in [4.69, 9.17) is 5.26 Å². The Morgan fingerprint density at radius 2 is 2.06 bits per heavy atom. The fourth-order valence-corrected chi connectivity index (χ4v) is 2.79. The first-order chi connectivity index (χ1) is 8.81. The second-order valence-electron chi connectivity index (χ2n) is 5.32. The van der Waals surface area contributed by atoms with Crippen molar-refractivity contribution in [2.45, 2.75) is 51.6 Å². The summed E-state index contributed by atoms with van der Waals surface area (Å²) in [7, 11) is 0. The normalized spacial score (nSPS) is 23.6. The molecule has 0 atom stereocenters. The zero-order chi connectivity index (χ0) is 12.8. The molecule has 1 aromatic carbocycles. The summed E-state index contributed by atoms with van der Waals surface area (Å²) in [6.07, 6.45) is 6.67. The van der Waals surface area contributed by atoms with Crippen LogP contribution in [0.2, 0.25) is 0 Å². The molecule has 2 nitrogen and oxygen atoms in total. The molecule has 0 amide bonds. The van der Waals surface area contributed by atoms with Gasteiger partial charge in [-0.2, -0.15) is 5.26 Å². The predicted molar refractivity (Wildman–Crippen MR) is 74.0 cm³/mol. The molecule has 1 N–H and O–H groups in total. The molecule has 0 aliphatic heterocycles. The second kappa shape index (κ2) is 6.56. The summed E-state index contributed by atoms with van der Waals surface area (Å²) < 4.78 is 0. The summed E-state index contributed by atoms with van der Waals surface area (Å²) in [6, 6.07) is 10.7. The van der Waals surface area contributed by atoms with Gasteiger partial charge in [0, 0.05) is 12.6 Å². The smallest absolute Gasteiger partial charge is 0.0991 e. The molecule has 0 radical (unpaired) electrons. The van der Waals surface area contributed by atoms with Gasteiger partial charge in [0.05, 0.1) is 11.6 Å². The summed E-state index contributed by atoms with van der Waals surface area (Å²) in [5.74, 6) is 0.949. The number of nitrogens with one attached hydrogen (secondary N) is 1. The predicted octanol–water partition coefficient (Wildman–Crippen LogP) is 3.62. The first kappa shape index (κ1) is 13.1. The highest BCUT2D eigenvalue weighted by molar-refractivity contribution is 5.32. The van der Waals surface area contributed by atoms with Gasteiger partial charge < -0.3 is 5.32 Å². The fraction of sp³-hybridized carbons (Fsp3) is 0.562. The van der Waals surface area contributed by atoms with Crippen molar-refractivity contribution < 1.29 is 0 Å². The summed E-state index contributed by atoms with van der Waals surface area (Å²) in [5.41, 5.74) is 1.97. The highest BCUT2D eigenvalue weighted by Crippen LogP contribution is 2.26. The van der Waals surface area contributed by atoms with Gasteiger partial charge in [-0.25, -0.2) is 0 Å². The maximum atomic E-state index is 8.86. The van der Waals surface area contributed by atoms with E-state index in [9.17, 15) is 0 Å². The molecule has 1 aliphatic rings. The number of hydrogen-bond acceptors (Lipinski definition) is 2. The Bertz CT molecular complexity index is 411. The lowest BCUT2D eigenvalue weighted by atomic mass is 9.84. The van der Waals surface area contributed by atoms with Gasteiger partial charge in [-0.05, 0) is 49.3 Å². The third-order valence-electron chi connectivity index (χ3n) is 4.08. The molecular weight excluding hydrogens is 220 g/mol. The summed E-state index contributed by atoms with van der Waals surface area (Å²) in [4.78, 5) is 0. The van der Waals surface area contributed by atoms with Gasteiger partial charge in [0.1, 0.15) is 0 Å². The average Bonchev–Trinajstić information content (AvgIpc) is 2.46. The monoisotopic (exact) mass is 242 g/mol. The van der Waals surface area contributed by atoms with E-state index in [0.717, 1.165) is 18.0 Å². The van der Waals surface area contributed by atoms with Gasteiger partial charge >= 0.3 is 0 Å². The van der Waals surface area contributed by atoms with Crippen molar-refractivity contribution in [3.63, 3.8) is 0 Å². The zero-order valence-electron chi connectivity index (χ0n) is 11.2. The first-order valence-corrected chi connectivity index (χ1v) is 7.04. The number of rotatable bonds is 4. The topological polar surface area (TPSA) is 35.8 Å². The maximum Gasteiger partial charge on any atom is 0.0991 e. The van der Waals surface area contributed by atoms with Crippen LogP contribution in [0.4, 0.5) is 0 Å². The van der Waals surface area contributed by atoms with E-state index in [1.54, 1.807) is 0 Å². The molecule has 1 aromatic rings. The van der Waals surface area contributed by atoms with Crippen molar-refractivity contribution in [2.24, 2.45) is 5.92 Å². The van der Waals surface area contributed by atoms with Gasteiger partial charge in [-0.1, -0.05) is 25.5 Å². The van der Waals surface area contributed by atoms with Crippen LogP contribution < -0.4 is 5.32 Å². The molecule has 0 unspecified atom stereocenters. The van der Waals surface area contributed by atoms with Crippen LogP contribution in [-0.4, -0.2) is 6.04 Å². The van der Waals surface area contributed by atoms with E-state index in [1.807, 2.05) is 18.2 Å². The molecule has 2 heteroatoms. The summed E-state index contributed by atoms with van der Waals surface area (Å²) in [6.45, 7) is 3.18. The summed E-state index contributed by atoms with van der Waals surface area (Å²) in [5, 5.41) is 12.5. The highest BCUT2D eigenvalue weighted by atomic mass is 14.9. The third-order valence-corrected chi connectivity index (χ3v) is 4.08. The van der Waals surface area contributed by atoms with Crippen molar-refractivity contribution >= 4 is 0 Å². The van der Waals surface area contributed by atoms with E-state index in [1.165, 1.54) is 37.7 Å². The SMILES string of the molecule is CCC1CCC(NCc2cccc(C#N)c2)CC1. The third kappa shape index (κ3) is 3.58. The van der Waals surface area contributed by atoms with Crippen molar-refractivity contribution in [1.82, 2.24) is 5.32 Å². The lowest BCUT2D eigenvalue weighted by Gasteiger charge is -2.28. The van der Waals surface area contributed by atoms with Crippen molar-refractivity contribution in [3.8, 4) is 6.07 Å². The standard InChI is InChI=1S/C16H22N2/c1-2-13-6-8-16(9-7-13)18-12-15-5-3-4-14(10-15)11-17/h3-5,10,13,16,18H,2,6-9,12H2,1H3. The molecule has 1 aliphatic carbocycles. The number of hydrogen-bond donors (Lipinski definition) is 1. The first-order valence-electron chi connectivity index (χ1n) is 7.04. The largest absolute Gasteiger partial charge is 0.310 e. The van der Waals surface area contributed by atoms with Crippen LogP contribution in [0.5, 0.6) is 0 Å².